The zero-order valence-corrected chi connectivity index (χ0v) is 10.3. The van der Waals surface area contributed by atoms with Gasteiger partial charge in [-0.05, 0) is 20.3 Å². The summed E-state index contributed by atoms with van der Waals surface area (Å²) in [6.45, 7) is 4.53. The molecule has 0 heterocycles. The van der Waals surface area contributed by atoms with Crippen LogP contribution in [0.5, 0.6) is 0 Å². The molecule has 100 valence electrons. The van der Waals surface area contributed by atoms with Crippen LogP contribution < -0.4 is 0 Å². The van der Waals surface area contributed by atoms with E-state index in [1.54, 1.807) is 0 Å². The topological polar surface area (TPSA) is 82.1 Å². The first kappa shape index (κ1) is 15.9. The number of carbonyl (C=O) groups is 2. The Kier molecular flexibility index (Phi) is 9.37. The standard InChI is InChI=1S/C11H20O6/c1-9(2)16-7-6-15-8-17-11(14)5-3-4-10(12)13/h9H,3-8H2,1-2H3,(H,12,13). The minimum Gasteiger partial charge on any atom is -0.481 e. The van der Waals surface area contributed by atoms with Crippen molar-refractivity contribution in [2.24, 2.45) is 0 Å². The van der Waals surface area contributed by atoms with Crippen molar-refractivity contribution >= 4 is 11.9 Å². The van der Waals surface area contributed by atoms with Crippen molar-refractivity contribution in [3.63, 3.8) is 0 Å². The largest absolute Gasteiger partial charge is 0.481 e. The van der Waals surface area contributed by atoms with E-state index in [0.29, 0.717) is 13.2 Å². The Labute approximate surface area is 101 Å². The highest BCUT2D eigenvalue weighted by atomic mass is 16.7. The van der Waals surface area contributed by atoms with Crippen LogP contribution in [-0.4, -0.2) is 43.2 Å². The summed E-state index contributed by atoms with van der Waals surface area (Å²) in [6, 6.07) is 0. The molecule has 0 aliphatic carbocycles. The summed E-state index contributed by atoms with van der Waals surface area (Å²) in [5, 5.41) is 8.35. The molecule has 0 atom stereocenters. The molecule has 0 saturated carbocycles. The Morgan fingerprint density at radius 1 is 1.18 bits per heavy atom. The number of rotatable bonds is 10. The molecule has 0 saturated heterocycles. The maximum absolute atomic E-state index is 11.0. The van der Waals surface area contributed by atoms with Crippen LogP contribution in [0.15, 0.2) is 0 Å². The van der Waals surface area contributed by atoms with Crippen molar-refractivity contribution in [2.45, 2.75) is 39.2 Å². The summed E-state index contributed by atoms with van der Waals surface area (Å²) >= 11 is 0. The third-order valence-electron chi connectivity index (χ3n) is 1.75. The lowest BCUT2D eigenvalue weighted by atomic mass is 10.2. The predicted molar refractivity (Wildman–Crippen MR) is 59.5 cm³/mol. The van der Waals surface area contributed by atoms with E-state index in [1.165, 1.54) is 0 Å². The first-order valence-electron chi connectivity index (χ1n) is 5.59. The fourth-order valence-corrected chi connectivity index (χ4v) is 0.965. The summed E-state index contributed by atoms with van der Waals surface area (Å²) < 4.78 is 14.9. The van der Waals surface area contributed by atoms with Gasteiger partial charge in [-0.15, -0.1) is 0 Å². The normalized spacial score (nSPS) is 10.5. The molecule has 0 fully saturated rings. The molecule has 6 heteroatoms. The van der Waals surface area contributed by atoms with Crippen LogP contribution in [0.25, 0.3) is 0 Å². The molecular weight excluding hydrogens is 228 g/mol. The third-order valence-corrected chi connectivity index (χ3v) is 1.75. The van der Waals surface area contributed by atoms with Gasteiger partial charge in [-0.1, -0.05) is 0 Å². The zero-order valence-electron chi connectivity index (χ0n) is 10.3. The van der Waals surface area contributed by atoms with Crippen LogP contribution in [0.2, 0.25) is 0 Å². The molecule has 0 aromatic carbocycles. The number of esters is 1. The van der Waals surface area contributed by atoms with Crippen molar-refractivity contribution in [1.29, 1.82) is 0 Å². The second-order valence-electron chi connectivity index (χ2n) is 3.71. The van der Waals surface area contributed by atoms with Crippen LogP contribution in [0.1, 0.15) is 33.1 Å². The maximum Gasteiger partial charge on any atom is 0.307 e. The molecule has 0 spiro atoms. The van der Waals surface area contributed by atoms with Gasteiger partial charge in [0.05, 0.1) is 19.3 Å². The Balaban J connectivity index is 3.25. The van der Waals surface area contributed by atoms with Gasteiger partial charge in [0.2, 0.25) is 0 Å². The molecule has 17 heavy (non-hydrogen) atoms. The van der Waals surface area contributed by atoms with Crippen LogP contribution in [-0.2, 0) is 23.8 Å². The maximum atomic E-state index is 11.0. The molecule has 1 N–H and O–H groups in total. The monoisotopic (exact) mass is 248 g/mol. The average Bonchev–Trinajstić information content (AvgIpc) is 2.22. The van der Waals surface area contributed by atoms with Gasteiger partial charge in [-0.25, -0.2) is 0 Å². The van der Waals surface area contributed by atoms with Crippen LogP contribution in [0.4, 0.5) is 0 Å². The van der Waals surface area contributed by atoms with Gasteiger partial charge in [0.1, 0.15) is 0 Å². The minimum atomic E-state index is -0.917. The zero-order chi connectivity index (χ0) is 13.1. The lowest BCUT2D eigenvalue weighted by Gasteiger charge is -2.08. The highest BCUT2D eigenvalue weighted by Crippen LogP contribution is 1.97. The summed E-state index contributed by atoms with van der Waals surface area (Å²) in [5.41, 5.74) is 0. The van der Waals surface area contributed by atoms with E-state index in [4.69, 9.17) is 19.3 Å². The highest BCUT2D eigenvalue weighted by Gasteiger charge is 2.04. The SMILES string of the molecule is CC(C)OCCOCOC(=O)CCCC(=O)O. The summed E-state index contributed by atoms with van der Waals surface area (Å²) in [7, 11) is 0. The molecular formula is C11H20O6. The second kappa shape index (κ2) is 10.0. The number of ether oxygens (including phenoxy) is 3. The molecule has 6 nitrogen and oxygen atoms in total. The van der Waals surface area contributed by atoms with Crippen molar-refractivity contribution in [3.8, 4) is 0 Å². The highest BCUT2D eigenvalue weighted by molar-refractivity contribution is 5.71. The Morgan fingerprint density at radius 2 is 1.88 bits per heavy atom. The number of hydrogen-bond donors (Lipinski definition) is 1. The van der Waals surface area contributed by atoms with Crippen molar-refractivity contribution in [3.05, 3.63) is 0 Å². The molecule has 0 aliphatic heterocycles. The third kappa shape index (κ3) is 12.8. The quantitative estimate of drug-likeness (QED) is 0.355. The van der Waals surface area contributed by atoms with Gasteiger partial charge < -0.3 is 19.3 Å². The Morgan fingerprint density at radius 3 is 2.47 bits per heavy atom. The lowest BCUT2D eigenvalue weighted by Crippen LogP contribution is -2.13. The summed E-state index contributed by atoms with van der Waals surface area (Å²) in [6.07, 6.45) is 0.498. The van der Waals surface area contributed by atoms with Crippen molar-refractivity contribution in [2.75, 3.05) is 20.0 Å². The van der Waals surface area contributed by atoms with Crippen LogP contribution in [0.3, 0.4) is 0 Å². The smallest absolute Gasteiger partial charge is 0.307 e. The van der Waals surface area contributed by atoms with Crippen LogP contribution in [0, 0.1) is 0 Å². The molecule has 0 radical (unpaired) electrons. The van der Waals surface area contributed by atoms with E-state index in [2.05, 4.69) is 0 Å². The van der Waals surface area contributed by atoms with Gasteiger partial charge in [0.25, 0.3) is 0 Å². The molecule has 0 aromatic heterocycles. The Bertz CT molecular complexity index is 226. The van der Waals surface area contributed by atoms with E-state index < -0.39 is 11.9 Å². The number of carboxylic acid groups (broad SMARTS) is 1. The molecule has 0 unspecified atom stereocenters. The number of carboxylic acids is 1. The molecule has 0 aliphatic rings. The van der Waals surface area contributed by atoms with Crippen molar-refractivity contribution in [1.82, 2.24) is 0 Å². The van der Waals surface area contributed by atoms with E-state index in [-0.39, 0.29) is 32.2 Å². The summed E-state index contributed by atoms with van der Waals surface area (Å²) in [5.74, 6) is -1.36. The van der Waals surface area contributed by atoms with Crippen LogP contribution >= 0.6 is 0 Å². The molecule has 0 amide bonds. The van der Waals surface area contributed by atoms with E-state index >= 15 is 0 Å². The Hall–Kier alpha value is -1.14. The fraction of sp³-hybridized carbons (Fsp3) is 0.818. The number of carbonyl (C=O) groups excluding carboxylic acids is 1. The molecule has 0 bridgehead atoms. The van der Waals surface area contributed by atoms with E-state index in [9.17, 15) is 9.59 Å². The first-order valence-corrected chi connectivity index (χ1v) is 5.59. The van der Waals surface area contributed by atoms with Gasteiger partial charge in [-0.3, -0.25) is 9.59 Å². The lowest BCUT2D eigenvalue weighted by molar-refractivity contribution is -0.157. The number of aliphatic carboxylic acids is 1. The van der Waals surface area contributed by atoms with Gasteiger partial charge in [0.15, 0.2) is 6.79 Å². The van der Waals surface area contributed by atoms with E-state index in [0.717, 1.165) is 0 Å². The predicted octanol–water partition coefficient (Wildman–Crippen LogP) is 1.18. The second-order valence-corrected chi connectivity index (χ2v) is 3.71. The van der Waals surface area contributed by atoms with Gasteiger partial charge in [-0.2, -0.15) is 0 Å². The number of hydrogen-bond acceptors (Lipinski definition) is 5. The summed E-state index contributed by atoms with van der Waals surface area (Å²) in [4.78, 5) is 21.2. The fourth-order valence-electron chi connectivity index (χ4n) is 0.965. The molecule has 0 aromatic rings. The molecule has 0 rings (SSSR count). The van der Waals surface area contributed by atoms with Gasteiger partial charge >= 0.3 is 11.9 Å². The minimum absolute atomic E-state index is 0.0296. The van der Waals surface area contributed by atoms with Gasteiger partial charge in [0, 0.05) is 12.8 Å². The first-order chi connectivity index (χ1) is 8.02. The van der Waals surface area contributed by atoms with E-state index in [1.807, 2.05) is 13.8 Å². The average molecular weight is 248 g/mol. The van der Waals surface area contributed by atoms with Crippen molar-refractivity contribution < 1.29 is 28.9 Å².